The first-order valence-corrected chi connectivity index (χ1v) is 5.19. The van der Waals surface area contributed by atoms with Gasteiger partial charge < -0.3 is 10.3 Å². The van der Waals surface area contributed by atoms with E-state index in [0.29, 0.717) is 6.54 Å². The van der Waals surface area contributed by atoms with Gasteiger partial charge in [0.05, 0.1) is 0 Å². The first-order chi connectivity index (χ1) is 7.72. The van der Waals surface area contributed by atoms with E-state index < -0.39 is 0 Å². The Bertz CT molecular complexity index is 491. The maximum Gasteiger partial charge on any atom is 0.139 e. The van der Waals surface area contributed by atoms with Crippen LogP contribution in [-0.4, -0.2) is 16.1 Å². The molecule has 0 radical (unpaired) electrons. The molecule has 16 heavy (non-hydrogen) atoms. The third-order valence-electron chi connectivity index (χ3n) is 2.57. The summed E-state index contributed by atoms with van der Waals surface area (Å²) in [4.78, 5) is 4.29. The summed E-state index contributed by atoms with van der Waals surface area (Å²) in [7, 11) is 1.91. The minimum absolute atomic E-state index is 0.249. The van der Waals surface area contributed by atoms with Crippen molar-refractivity contribution in [3.05, 3.63) is 42.0 Å². The predicted molar refractivity (Wildman–Crippen MR) is 61.4 cm³/mol. The van der Waals surface area contributed by atoms with Crippen molar-refractivity contribution in [3.8, 4) is 11.4 Å². The molecule has 1 heterocycles. The van der Waals surface area contributed by atoms with Gasteiger partial charge in [-0.1, -0.05) is 12.1 Å². The van der Waals surface area contributed by atoms with Crippen molar-refractivity contribution in [2.75, 3.05) is 6.54 Å². The fraction of sp³-hybridized carbons (Fsp3) is 0.250. The van der Waals surface area contributed by atoms with Crippen LogP contribution < -0.4 is 5.73 Å². The number of rotatable bonds is 3. The van der Waals surface area contributed by atoms with Crippen LogP contribution in [0.3, 0.4) is 0 Å². The molecule has 3 nitrogen and oxygen atoms in total. The Hall–Kier alpha value is -1.68. The summed E-state index contributed by atoms with van der Waals surface area (Å²) in [5.74, 6) is 0.517. The fourth-order valence-corrected chi connectivity index (χ4v) is 1.72. The summed E-state index contributed by atoms with van der Waals surface area (Å²) in [6.45, 7) is 0.585. The first-order valence-electron chi connectivity index (χ1n) is 5.19. The molecular formula is C12H14FN3. The summed E-state index contributed by atoms with van der Waals surface area (Å²) in [5.41, 5.74) is 7.34. The molecule has 1 aromatic carbocycles. The monoisotopic (exact) mass is 219 g/mol. The Morgan fingerprint density at radius 1 is 1.44 bits per heavy atom. The van der Waals surface area contributed by atoms with Crippen LogP contribution in [0.4, 0.5) is 4.39 Å². The molecule has 0 fully saturated rings. The molecule has 0 aliphatic carbocycles. The number of benzene rings is 1. The SMILES string of the molecule is Cn1c(CCN)cnc1-c1cccc(F)c1. The lowest BCUT2D eigenvalue weighted by atomic mass is 10.2. The quantitative estimate of drug-likeness (QED) is 0.854. The Kier molecular flexibility index (Phi) is 3.01. The summed E-state index contributed by atoms with van der Waals surface area (Å²) < 4.78 is 15.0. The third-order valence-corrected chi connectivity index (χ3v) is 2.57. The molecule has 0 aliphatic rings. The summed E-state index contributed by atoms with van der Waals surface area (Å²) in [5, 5.41) is 0. The second kappa shape index (κ2) is 4.45. The fourth-order valence-electron chi connectivity index (χ4n) is 1.72. The van der Waals surface area contributed by atoms with E-state index >= 15 is 0 Å². The zero-order valence-corrected chi connectivity index (χ0v) is 9.15. The van der Waals surface area contributed by atoms with Gasteiger partial charge in [-0.25, -0.2) is 9.37 Å². The van der Waals surface area contributed by atoms with E-state index in [0.717, 1.165) is 23.5 Å². The predicted octanol–water partition coefficient (Wildman–Crippen LogP) is 1.73. The number of nitrogens with two attached hydrogens (primary N) is 1. The highest BCUT2D eigenvalue weighted by atomic mass is 19.1. The molecule has 0 atom stereocenters. The molecule has 0 aliphatic heterocycles. The number of halogens is 1. The van der Waals surface area contributed by atoms with Crippen molar-refractivity contribution < 1.29 is 4.39 Å². The number of hydrogen-bond acceptors (Lipinski definition) is 2. The van der Waals surface area contributed by atoms with Gasteiger partial charge in [0.2, 0.25) is 0 Å². The Morgan fingerprint density at radius 2 is 2.25 bits per heavy atom. The molecular weight excluding hydrogens is 205 g/mol. The molecule has 2 aromatic rings. The van der Waals surface area contributed by atoms with E-state index in [1.807, 2.05) is 17.7 Å². The van der Waals surface area contributed by atoms with Crippen molar-refractivity contribution >= 4 is 0 Å². The van der Waals surface area contributed by atoms with Gasteiger partial charge in [-0.2, -0.15) is 0 Å². The van der Waals surface area contributed by atoms with Crippen LogP contribution in [0.5, 0.6) is 0 Å². The van der Waals surface area contributed by atoms with Crippen LogP contribution in [0.15, 0.2) is 30.5 Å². The average molecular weight is 219 g/mol. The van der Waals surface area contributed by atoms with E-state index in [1.165, 1.54) is 12.1 Å². The van der Waals surface area contributed by atoms with Crippen LogP contribution in [0, 0.1) is 5.82 Å². The summed E-state index contributed by atoms with van der Waals surface area (Å²) in [6, 6.07) is 6.43. The Balaban J connectivity index is 2.41. The van der Waals surface area contributed by atoms with Gasteiger partial charge >= 0.3 is 0 Å². The van der Waals surface area contributed by atoms with Crippen molar-refractivity contribution in [2.24, 2.45) is 12.8 Å². The largest absolute Gasteiger partial charge is 0.331 e. The van der Waals surface area contributed by atoms with Crippen molar-refractivity contribution in [2.45, 2.75) is 6.42 Å². The normalized spacial score (nSPS) is 10.7. The summed E-state index contributed by atoms with van der Waals surface area (Å²) >= 11 is 0. The zero-order valence-electron chi connectivity index (χ0n) is 9.15. The topological polar surface area (TPSA) is 43.8 Å². The standard InChI is InChI=1S/C12H14FN3/c1-16-11(5-6-14)8-15-12(16)9-3-2-4-10(13)7-9/h2-4,7-8H,5-6,14H2,1H3. The molecule has 1 aromatic heterocycles. The number of nitrogens with zero attached hydrogens (tertiary/aromatic N) is 2. The zero-order chi connectivity index (χ0) is 11.5. The molecule has 0 spiro atoms. The second-order valence-electron chi connectivity index (χ2n) is 3.68. The highest BCUT2D eigenvalue weighted by Gasteiger charge is 2.08. The van der Waals surface area contributed by atoms with E-state index in [4.69, 9.17) is 5.73 Å². The van der Waals surface area contributed by atoms with Crippen LogP contribution in [0.1, 0.15) is 5.69 Å². The van der Waals surface area contributed by atoms with E-state index in [2.05, 4.69) is 4.98 Å². The number of imidazole rings is 1. The van der Waals surface area contributed by atoms with Crippen molar-refractivity contribution in [1.29, 1.82) is 0 Å². The molecule has 0 bridgehead atoms. The van der Waals surface area contributed by atoms with Crippen LogP contribution >= 0.6 is 0 Å². The lowest BCUT2D eigenvalue weighted by Gasteiger charge is -2.05. The average Bonchev–Trinajstić information content (AvgIpc) is 2.61. The minimum Gasteiger partial charge on any atom is -0.331 e. The lowest BCUT2D eigenvalue weighted by molar-refractivity contribution is 0.628. The van der Waals surface area contributed by atoms with Gasteiger partial charge in [0, 0.05) is 30.9 Å². The minimum atomic E-state index is -0.249. The maximum absolute atomic E-state index is 13.1. The van der Waals surface area contributed by atoms with Gasteiger partial charge in [-0.05, 0) is 18.7 Å². The lowest BCUT2D eigenvalue weighted by Crippen LogP contribution is -2.07. The second-order valence-corrected chi connectivity index (χ2v) is 3.68. The van der Waals surface area contributed by atoms with Crippen LogP contribution in [-0.2, 0) is 13.5 Å². The van der Waals surface area contributed by atoms with Crippen molar-refractivity contribution in [1.82, 2.24) is 9.55 Å². The highest BCUT2D eigenvalue weighted by Crippen LogP contribution is 2.19. The molecule has 4 heteroatoms. The molecule has 0 amide bonds. The maximum atomic E-state index is 13.1. The van der Waals surface area contributed by atoms with Gasteiger partial charge in [-0.3, -0.25) is 0 Å². The van der Waals surface area contributed by atoms with Gasteiger partial charge in [0.25, 0.3) is 0 Å². The number of aromatic nitrogens is 2. The van der Waals surface area contributed by atoms with Crippen molar-refractivity contribution in [3.63, 3.8) is 0 Å². The van der Waals surface area contributed by atoms with E-state index in [9.17, 15) is 4.39 Å². The highest BCUT2D eigenvalue weighted by molar-refractivity contribution is 5.56. The first kappa shape index (κ1) is 10.8. The number of hydrogen-bond donors (Lipinski definition) is 1. The Labute approximate surface area is 93.7 Å². The molecule has 84 valence electrons. The van der Waals surface area contributed by atoms with Gasteiger partial charge in [-0.15, -0.1) is 0 Å². The Morgan fingerprint density at radius 3 is 2.94 bits per heavy atom. The molecule has 0 saturated heterocycles. The third kappa shape index (κ3) is 1.97. The molecule has 0 unspecified atom stereocenters. The molecule has 2 N–H and O–H groups in total. The van der Waals surface area contributed by atoms with Gasteiger partial charge in [0.1, 0.15) is 11.6 Å². The molecule has 2 rings (SSSR count). The summed E-state index contributed by atoms with van der Waals surface area (Å²) in [6.07, 6.45) is 2.56. The smallest absolute Gasteiger partial charge is 0.139 e. The van der Waals surface area contributed by atoms with E-state index in [1.54, 1.807) is 12.3 Å². The van der Waals surface area contributed by atoms with Gasteiger partial charge in [0.15, 0.2) is 0 Å². The van der Waals surface area contributed by atoms with Crippen LogP contribution in [0.2, 0.25) is 0 Å². The van der Waals surface area contributed by atoms with Crippen LogP contribution in [0.25, 0.3) is 11.4 Å². The molecule has 0 saturated carbocycles. The van der Waals surface area contributed by atoms with E-state index in [-0.39, 0.29) is 5.82 Å².